The maximum Gasteiger partial charge on any atom is 0.365 e. The molecule has 0 saturated heterocycles. The fraction of sp³-hybridized carbons (Fsp3) is 0.611. The van der Waals surface area contributed by atoms with Gasteiger partial charge in [0, 0.05) is 6.08 Å². The molecule has 0 heterocycles. The first-order valence-corrected chi connectivity index (χ1v) is 8.16. The average Bonchev–Trinajstić information content (AvgIpc) is 2.50. The lowest BCUT2D eigenvalue weighted by molar-refractivity contribution is -0.228. The van der Waals surface area contributed by atoms with Crippen LogP contribution in [0, 0.1) is 0 Å². The van der Waals surface area contributed by atoms with E-state index in [1.807, 2.05) is 12.2 Å². The molecule has 0 aromatic carbocycles. The van der Waals surface area contributed by atoms with Crippen molar-refractivity contribution in [1.29, 1.82) is 0 Å². The van der Waals surface area contributed by atoms with Crippen LogP contribution in [0.25, 0.3) is 0 Å². The van der Waals surface area contributed by atoms with E-state index in [1.54, 1.807) is 6.08 Å². The Balaban J connectivity index is 3.31. The smallest absolute Gasteiger partial charge is 0.296 e. The number of carbonyl (C=O) groups is 1. The Hall–Kier alpha value is -1.35. The van der Waals surface area contributed by atoms with Crippen LogP contribution in [0.1, 0.15) is 71.1 Å². The van der Waals surface area contributed by atoms with Crippen LogP contribution < -0.4 is 0 Å². The monoisotopic (exact) mass is 294 g/mol. The molecule has 120 valence electrons. The van der Waals surface area contributed by atoms with E-state index >= 15 is 0 Å². The molecule has 0 radical (unpaired) electrons. The summed E-state index contributed by atoms with van der Waals surface area (Å²) >= 11 is 0. The first-order chi connectivity index (χ1) is 10.3. The van der Waals surface area contributed by atoms with Gasteiger partial charge in [0.05, 0.1) is 0 Å². The molecule has 0 fully saturated rings. The zero-order valence-electron chi connectivity index (χ0n) is 13.3. The lowest BCUT2D eigenvalue weighted by Gasteiger charge is -2.00. The second-order valence-electron chi connectivity index (χ2n) is 5.20. The van der Waals surface area contributed by atoms with E-state index in [0.717, 1.165) is 12.5 Å². The lowest BCUT2D eigenvalue weighted by atomic mass is 10.1. The highest BCUT2D eigenvalue weighted by Gasteiger charge is 1.91. The van der Waals surface area contributed by atoms with Crippen molar-refractivity contribution in [3.63, 3.8) is 0 Å². The summed E-state index contributed by atoms with van der Waals surface area (Å²) in [5.74, 6) is -0.765. The predicted molar refractivity (Wildman–Crippen MR) is 88.0 cm³/mol. The summed E-state index contributed by atoms with van der Waals surface area (Å²) in [5, 5.41) is 8.01. The van der Waals surface area contributed by atoms with Gasteiger partial charge < -0.3 is 0 Å². The zero-order valence-corrected chi connectivity index (χ0v) is 13.3. The van der Waals surface area contributed by atoms with Gasteiger partial charge in [-0.2, -0.15) is 5.26 Å². The molecular weight excluding hydrogens is 264 g/mol. The minimum Gasteiger partial charge on any atom is -0.296 e. The Labute approximate surface area is 129 Å². The molecule has 0 unspecified atom stereocenters. The molecule has 0 amide bonds. The Morgan fingerprint density at radius 3 is 2.05 bits per heavy atom. The van der Waals surface area contributed by atoms with Gasteiger partial charge in [-0.1, -0.05) is 88.7 Å². The molecular formula is C18H30O3. The van der Waals surface area contributed by atoms with E-state index in [9.17, 15) is 4.79 Å². The fourth-order valence-electron chi connectivity index (χ4n) is 2.04. The van der Waals surface area contributed by atoms with E-state index in [2.05, 4.69) is 17.9 Å². The van der Waals surface area contributed by atoms with Crippen molar-refractivity contribution in [3.8, 4) is 0 Å². The predicted octanol–water partition coefficient (Wildman–Crippen LogP) is 5.59. The van der Waals surface area contributed by atoms with Crippen molar-refractivity contribution in [1.82, 2.24) is 0 Å². The van der Waals surface area contributed by atoms with Crippen LogP contribution >= 0.6 is 0 Å². The van der Waals surface area contributed by atoms with Gasteiger partial charge in [0.2, 0.25) is 0 Å². The molecule has 3 nitrogen and oxygen atoms in total. The van der Waals surface area contributed by atoms with Gasteiger partial charge in [-0.05, 0) is 12.8 Å². The first kappa shape index (κ1) is 19.7. The van der Waals surface area contributed by atoms with Crippen molar-refractivity contribution in [2.45, 2.75) is 71.1 Å². The molecule has 0 aliphatic heterocycles. The molecule has 1 N–H and O–H groups in total. The van der Waals surface area contributed by atoms with Crippen LogP contribution in [0.2, 0.25) is 0 Å². The molecule has 0 aromatic heterocycles. The topological polar surface area (TPSA) is 46.5 Å². The third-order valence-corrected chi connectivity index (χ3v) is 3.27. The number of rotatable bonds is 13. The highest BCUT2D eigenvalue weighted by Crippen LogP contribution is 2.10. The lowest BCUT2D eigenvalue weighted by Crippen LogP contribution is -1.93. The van der Waals surface area contributed by atoms with Crippen molar-refractivity contribution < 1.29 is 14.9 Å². The summed E-state index contributed by atoms with van der Waals surface area (Å²) in [6.45, 7) is 2.25. The number of hydrogen-bond acceptors (Lipinski definition) is 3. The third kappa shape index (κ3) is 16.6. The molecule has 21 heavy (non-hydrogen) atoms. The summed E-state index contributed by atoms with van der Waals surface area (Å²) in [6, 6.07) is 0. The van der Waals surface area contributed by atoms with E-state index in [-0.39, 0.29) is 0 Å². The number of allylic oxidation sites excluding steroid dienone is 5. The van der Waals surface area contributed by atoms with Gasteiger partial charge in [-0.25, -0.2) is 4.79 Å². The highest BCUT2D eigenvalue weighted by atomic mass is 17.1. The Morgan fingerprint density at radius 2 is 1.43 bits per heavy atom. The highest BCUT2D eigenvalue weighted by molar-refractivity contribution is 5.81. The summed E-state index contributed by atoms with van der Waals surface area (Å²) < 4.78 is 0. The summed E-state index contributed by atoms with van der Waals surface area (Å²) in [4.78, 5) is 14.0. The van der Waals surface area contributed by atoms with Crippen LogP contribution in [0.5, 0.6) is 0 Å². The second kappa shape index (κ2) is 16.7. The molecule has 0 aliphatic carbocycles. The zero-order chi connectivity index (χ0) is 15.6. The van der Waals surface area contributed by atoms with Crippen LogP contribution in [-0.2, 0) is 9.68 Å². The molecule has 3 heteroatoms. The minimum atomic E-state index is -0.765. The van der Waals surface area contributed by atoms with Gasteiger partial charge in [0.1, 0.15) is 0 Å². The SMILES string of the molecule is CCCCCCCCCCC/C=C/C=C/C=C/C(=O)OO. The van der Waals surface area contributed by atoms with E-state index < -0.39 is 5.97 Å². The molecule has 0 aliphatic rings. The number of unbranched alkanes of at least 4 members (excludes halogenated alkanes) is 9. The number of hydrogen-bond donors (Lipinski definition) is 1. The summed E-state index contributed by atoms with van der Waals surface area (Å²) in [5.41, 5.74) is 0. The van der Waals surface area contributed by atoms with Crippen LogP contribution in [0.15, 0.2) is 36.5 Å². The molecule has 0 saturated carbocycles. The second-order valence-corrected chi connectivity index (χ2v) is 5.20. The van der Waals surface area contributed by atoms with Gasteiger partial charge in [0.25, 0.3) is 0 Å². The third-order valence-electron chi connectivity index (χ3n) is 3.27. The molecule has 0 atom stereocenters. The first-order valence-electron chi connectivity index (χ1n) is 8.16. The van der Waals surface area contributed by atoms with E-state index in [1.165, 1.54) is 63.9 Å². The quantitative estimate of drug-likeness (QED) is 0.158. The van der Waals surface area contributed by atoms with Crippen LogP contribution in [-0.4, -0.2) is 11.2 Å². The van der Waals surface area contributed by atoms with E-state index in [0.29, 0.717) is 0 Å². The Kier molecular flexibility index (Phi) is 15.6. The minimum absolute atomic E-state index is 0.765. The largest absolute Gasteiger partial charge is 0.365 e. The maximum absolute atomic E-state index is 10.5. The van der Waals surface area contributed by atoms with Crippen LogP contribution in [0.3, 0.4) is 0 Å². The van der Waals surface area contributed by atoms with Gasteiger partial charge in [-0.15, -0.1) is 0 Å². The van der Waals surface area contributed by atoms with Crippen LogP contribution in [0.4, 0.5) is 0 Å². The Morgan fingerprint density at radius 1 is 0.857 bits per heavy atom. The summed E-state index contributed by atoms with van der Waals surface area (Å²) in [7, 11) is 0. The summed E-state index contributed by atoms with van der Waals surface area (Å²) in [6.07, 6.45) is 23.6. The average molecular weight is 294 g/mol. The van der Waals surface area contributed by atoms with Crippen molar-refractivity contribution in [2.24, 2.45) is 0 Å². The molecule has 0 spiro atoms. The molecule has 0 aromatic rings. The van der Waals surface area contributed by atoms with Crippen molar-refractivity contribution in [2.75, 3.05) is 0 Å². The fourth-order valence-corrected chi connectivity index (χ4v) is 2.04. The Bertz CT molecular complexity index is 316. The molecule has 0 rings (SSSR count). The van der Waals surface area contributed by atoms with Crippen molar-refractivity contribution in [3.05, 3.63) is 36.5 Å². The standard InChI is InChI=1S/C18H30O3/c1-2-3-4-5-6-7-8-9-10-11-12-13-14-15-16-17-18(19)21-20/h12-17,20H,2-11H2,1H3/b13-12+,15-14+,17-16+. The van der Waals surface area contributed by atoms with Crippen molar-refractivity contribution >= 4 is 5.97 Å². The number of carbonyl (C=O) groups excluding carboxylic acids is 1. The van der Waals surface area contributed by atoms with Gasteiger partial charge in [-0.3, -0.25) is 4.89 Å². The van der Waals surface area contributed by atoms with Gasteiger partial charge >= 0.3 is 5.97 Å². The molecule has 0 bridgehead atoms. The maximum atomic E-state index is 10.5. The normalized spacial score (nSPS) is 11.9. The van der Waals surface area contributed by atoms with Gasteiger partial charge in [0.15, 0.2) is 0 Å². The van der Waals surface area contributed by atoms with E-state index in [4.69, 9.17) is 5.26 Å².